The summed E-state index contributed by atoms with van der Waals surface area (Å²) in [6.07, 6.45) is 7.11. The molecule has 0 spiro atoms. The monoisotopic (exact) mass is 349 g/mol. The third kappa shape index (κ3) is 3.16. The van der Waals surface area contributed by atoms with E-state index in [-0.39, 0.29) is 0 Å². The van der Waals surface area contributed by atoms with Crippen LogP contribution in [0.5, 0.6) is 5.75 Å². The van der Waals surface area contributed by atoms with E-state index in [1.165, 1.54) is 36.9 Å². The van der Waals surface area contributed by atoms with E-state index in [2.05, 4.69) is 30.0 Å². The van der Waals surface area contributed by atoms with E-state index >= 15 is 0 Å². The van der Waals surface area contributed by atoms with Gasteiger partial charge in [0.2, 0.25) is 0 Å². The van der Waals surface area contributed by atoms with Gasteiger partial charge >= 0.3 is 0 Å². The van der Waals surface area contributed by atoms with E-state index in [1.54, 1.807) is 13.2 Å². The molecule has 2 aliphatic rings. The Hall–Kier alpha value is -2.13. The van der Waals surface area contributed by atoms with Crippen molar-refractivity contribution in [2.75, 3.05) is 13.7 Å². The van der Waals surface area contributed by atoms with Crippen LogP contribution < -0.4 is 4.74 Å². The second-order valence-electron chi connectivity index (χ2n) is 7.69. The van der Waals surface area contributed by atoms with Crippen LogP contribution in [0.15, 0.2) is 36.4 Å². The molecular weight excluding hydrogens is 322 g/mol. The standard InChI is InChI=1S/C23H27NO2/c1-16-4-3-11-24(16)21-9-8-18-13-20(7-6-19(18)14-21)22-12-17(15-25)5-10-23(22)26-2/h5-7,10,12-13,15-16,21H,3-4,8-9,11,14H2,1-2H3. The lowest BCUT2D eigenvalue weighted by atomic mass is 9.85. The van der Waals surface area contributed by atoms with E-state index in [0.29, 0.717) is 11.6 Å². The highest BCUT2D eigenvalue weighted by atomic mass is 16.5. The minimum atomic E-state index is 0.682. The number of carbonyl (C=O) groups is 1. The van der Waals surface area contributed by atoms with Crippen molar-refractivity contribution >= 4 is 6.29 Å². The summed E-state index contributed by atoms with van der Waals surface area (Å²) in [4.78, 5) is 13.9. The van der Waals surface area contributed by atoms with E-state index in [9.17, 15) is 4.79 Å². The zero-order valence-electron chi connectivity index (χ0n) is 15.7. The zero-order chi connectivity index (χ0) is 18.1. The molecule has 3 nitrogen and oxygen atoms in total. The Kier molecular flexibility index (Phi) is 4.82. The number of aldehydes is 1. The van der Waals surface area contributed by atoms with Crippen LogP contribution in [0.3, 0.4) is 0 Å². The molecule has 1 saturated heterocycles. The van der Waals surface area contributed by atoms with Crippen LogP contribution >= 0.6 is 0 Å². The fourth-order valence-electron chi connectivity index (χ4n) is 4.71. The Bertz CT molecular complexity index is 814. The molecule has 1 aliphatic heterocycles. The molecule has 1 heterocycles. The molecule has 3 heteroatoms. The van der Waals surface area contributed by atoms with Crippen molar-refractivity contribution in [1.29, 1.82) is 0 Å². The molecule has 1 fully saturated rings. The lowest BCUT2D eigenvalue weighted by Crippen LogP contribution is -2.41. The number of methoxy groups -OCH3 is 1. The van der Waals surface area contributed by atoms with Crippen molar-refractivity contribution in [2.45, 2.75) is 51.1 Å². The van der Waals surface area contributed by atoms with Crippen molar-refractivity contribution < 1.29 is 9.53 Å². The van der Waals surface area contributed by atoms with Gasteiger partial charge in [-0.15, -0.1) is 0 Å². The zero-order valence-corrected chi connectivity index (χ0v) is 15.7. The van der Waals surface area contributed by atoms with Gasteiger partial charge in [0.05, 0.1) is 7.11 Å². The Balaban J connectivity index is 1.62. The smallest absolute Gasteiger partial charge is 0.150 e. The SMILES string of the molecule is COc1ccc(C=O)cc1-c1ccc2c(c1)CCC(N1CCCC1C)C2. The average molecular weight is 349 g/mol. The Labute approximate surface area is 156 Å². The van der Waals surface area contributed by atoms with Crippen LogP contribution in [-0.2, 0) is 12.8 Å². The van der Waals surface area contributed by atoms with Crippen molar-refractivity contribution in [3.05, 3.63) is 53.1 Å². The summed E-state index contributed by atoms with van der Waals surface area (Å²) in [5.41, 5.74) is 5.74. The van der Waals surface area contributed by atoms with E-state index in [1.807, 2.05) is 12.1 Å². The molecule has 1 aliphatic carbocycles. The Morgan fingerprint density at radius 1 is 1.12 bits per heavy atom. The molecule has 136 valence electrons. The number of rotatable bonds is 4. The number of hydrogen-bond acceptors (Lipinski definition) is 3. The maximum atomic E-state index is 11.2. The van der Waals surface area contributed by atoms with Crippen molar-refractivity contribution in [3.63, 3.8) is 0 Å². The number of likely N-dealkylation sites (tertiary alicyclic amines) is 1. The molecule has 2 aromatic rings. The van der Waals surface area contributed by atoms with Crippen LogP contribution in [-0.4, -0.2) is 36.9 Å². The summed E-state index contributed by atoms with van der Waals surface area (Å²) in [6.45, 7) is 3.63. The minimum Gasteiger partial charge on any atom is -0.496 e. The second-order valence-corrected chi connectivity index (χ2v) is 7.69. The van der Waals surface area contributed by atoms with E-state index in [4.69, 9.17) is 4.74 Å². The maximum absolute atomic E-state index is 11.2. The third-order valence-corrected chi connectivity index (χ3v) is 6.15. The van der Waals surface area contributed by atoms with Gasteiger partial charge in [-0.3, -0.25) is 9.69 Å². The Morgan fingerprint density at radius 2 is 2.00 bits per heavy atom. The van der Waals surface area contributed by atoms with Crippen LogP contribution in [0, 0.1) is 0 Å². The van der Waals surface area contributed by atoms with E-state index < -0.39 is 0 Å². The highest BCUT2D eigenvalue weighted by Crippen LogP contribution is 2.35. The summed E-state index contributed by atoms with van der Waals surface area (Å²) in [5.74, 6) is 0.815. The van der Waals surface area contributed by atoms with Crippen molar-refractivity contribution in [2.24, 2.45) is 0 Å². The minimum absolute atomic E-state index is 0.682. The molecule has 0 radical (unpaired) electrons. The van der Waals surface area contributed by atoms with Crippen molar-refractivity contribution in [1.82, 2.24) is 4.90 Å². The van der Waals surface area contributed by atoms with Gasteiger partial charge in [0, 0.05) is 23.2 Å². The largest absolute Gasteiger partial charge is 0.496 e. The van der Waals surface area contributed by atoms with Gasteiger partial charge in [0.1, 0.15) is 12.0 Å². The van der Waals surface area contributed by atoms with Crippen LogP contribution in [0.2, 0.25) is 0 Å². The number of aryl methyl sites for hydroxylation is 1. The summed E-state index contributed by atoms with van der Waals surface area (Å²) < 4.78 is 5.52. The van der Waals surface area contributed by atoms with Gasteiger partial charge in [-0.25, -0.2) is 0 Å². The van der Waals surface area contributed by atoms with E-state index in [0.717, 1.165) is 42.0 Å². The number of hydrogen-bond donors (Lipinski definition) is 0. The lowest BCUT2D eigenvalue weighted by Gasteiger charge is -2.35. The molecule has 0 amide bonds. The molecule has 26 heavy (non-hydrogen) atoms. The van der Waals surface area contributed by atoms with Crippen LogP contribution in [0.25, 0.3) is 11.1 Å². The topological polar surface area (TPSA) is 29.5 Å². The maximum Gasteiger partial charge on any atom is 0.150 e. The van der Waals surface area contributed by atoms with Crippen molar-refractivity contribution in [3.8, 4) is 16.9 Å². The van der Waals surface area contributed by atoms with Gasteiger partial charge in [-0.2, -0.15) is 0 Å². The molecule has 2 aromatic carbocycles. The number of fused-ring (bicyclic) bond motifs is 1. The first-order valence-electron chi connectivity index (χ1n) is 9.70. The van der Waals surface area contributed by atoms with Gasteiger partial charge in [0.15, 0.2) is 0 Å². The Morgan fingerprint density at radius 3 is 2.73 bits per heavy atom. The van der Waals surface area contributed by atoms with Gasteiger partial charge < -0.3 is 4.74 Å². The number of carbonyl (C=O) groups excluding carboxylic acids is 1. The van der Waals surface area contributed by atoms with Gasteiger partial charge in [0.25, 0.3) is 0 Å². The first-order valence-corrected chi connectivity index (χ1v) is 9.70. The predicted molar refractivity (Wildman–Crippen MR) is 105 cm³/mol. The molecule has 0 N–H and O–H groups in total. The quantitative estimate of drug-likeness (QED) is 0.760. The number of nitrogens with zero attached hydrogens (tertiary/aromatic N) is 1. The molecule has 4 rings (SSSR count). The lowest BCUT2D eigenvalue weighted by molar-refractivity contribution is 0.112. The summed E-state index contributed by atoms with van der Waals surface area (Å²) in [7, 11) is 1.68. The highest BCUT2D eigenvalue weighted by Gasteiger charge is 2.30. The third-order valence-electron chi connectivity index (χ3n) is 6.15. The number of ether oxygens (including phenoxy) is 1. The molecule has 0 saturated carbocycles. The highest BCUT2D eigenvalue weighted by molar-refractivity contribution is 5.81. The normalized spacial score (nSPS) is 22.8. The molecule has 0 bridgehead atoms. The summed E-state index contributed by atoms with van der Waals surface area (Å²) in [5, 5.41) is 0. The average Bonchev–Trinajstić information content (AvgIpc) is 3.12. The van der Waals surface area contributed by atoms with Crippen LogP contribution in [0.1, 0.15) is 47.7 Å². The van der Waals surface area contributed by atoms with Crippen LogP contribution in [0.4, 0.5) is 0 Å². The second kappa shape index (κ2) is 7.24. The van der Waals surface area contributed by atoms with Gasteiger partial charge in [-0.05, 0) is 80.5 Å². The summed E-state index contributed by atoms with van der Waals surface area (Å²) >= 11 is 0. The van der Waals surface area contributed by atoms with Gasteiger partial charge in [-0.1, -0.05) is 18.2 Å². The fourth-order valence-corrected chi connectivity index (χ4v) is 4.71. The molecule has 2 unspecified atom stereocenters. The first-order chi connectivity index (χ1) is 12.7. The molecular formula is C23H27NO2. The first kappa shape index (κ1) is 17.3. The fraction of sp³-hybridized carbons (Fsp3) is 0.435. The summed E-state index contributed by atoms with van der Waals surface area (Å²) in [6, 6.07) is 13.8. The molecule has 0 aromatic heterocycles. The predicted octanol–water partition coefficient (Wildman–Crippen LogP) is 4.52. The number of benzene rings is 2. The molecule has 2 atom stereocenters.